The van der Waals surface area contributed by atoms with Crippen LogP contribution in [-0.4, -0.2) is 36.6 Å². The largest absolute Gasteiger partial charge is 0.311 e. The number of nitrogens with one attached hydrogen (secondary N) is 1. The van der Waals surface area contributed by atoms with Crippen LogP contribution in [0.4, 0.5) is 0 Å². The summed E-state index contributed by atoms with van der Waals surface area (Å²) >= 11 is 0. The van der Waals surface area contributed by atoms with Gasteiger partial charge in [-0.1, -0.05) is 66.7 Å². The lowest BCUT2D eigenvalue weighted by molar-refractivity contribution is 0.0838. The highest BCUT2D eigenvalue weighted by Gasteiger charge is 2.30. The molecule has 1 N–H and O–H groups in total. The molecule has 1 aliphatic heterocycles. The molecule has 3 unspecified atom stereocenters. The minimum Gasteiger partial charge on any atom is -0.311 e. The maximum Gasteiger partial charge on any atom is 0.0246 e. The summed E-state index contributed by atoms with van der Waals surface area (Å²) in [6, 6.07) is 1.46. The zero-order valence-electron chi connectivity index (χ0n) is 15.3. The fourth-order valence-corrected chi connectivity index (χ4v) is 3.64. The maximum atomic E-state index is 3.81. The van der Waals surface area contributed by atoms with Gasteiger partial charge >= 0.3 is 0 Å². The normalized spacial score (nSPS) is 25.4. The van der Waals surface area contributed by atoms with Gasteiger partial charge in [-0.3, -0.25) is 4.90 Å². The van der Waals surface area contributed by atoms with Gasteiger partial charge in [-0.15, -0.1) is 0 Å². The quantitative estimate of drug-likeness (QED) is 0.588. The molecule has 2 heteroatoms. The van der Waals surface area contributed by atoms with E-state index in [1.165, 1.54) is 64.6 Å². The predicted molar refractivity (Wildman–Crippen MR) is 94.8 cm³/mol. The molecule has 0 aromatic rings. The van der Waals surface area contributed by atoms with Crippen molar-refractivity contribution in [3.63, 3.8) is 0 Å². The van der Waals surface area contributed by atoms with Crippen LogP contribution in [0.3, 0.4) is 0 Å². The first-order valence-electron chi connectivity index (χ1n) is 9.55. The van der Waals surface area contributed by atoms with Gasteiger partial charge in [0, 0.05) is 25.2 Å². The first-order valence-corrected chi connectivity index (χ1v) is 9.55. The second-order valence-electron chi connectivity index (χ2n) is 7.60. The predicted octanol–water partition coefficient (Wildman–Crippen LogP) is 4.69. The highest BCUT2D eigenvalue weighted by molar-refractivity contribution is 4.88. The molecule has 1 aliphatic rings. The average molecular weight is 297 g/mol. The molecule has 0 spiro atoms. The lowest BCUT2D eigenvalue weighted by atomic mass is 9.92. The van der Waals surface area contributed by atoms with Crippen molar-refractivity contribution < 1.29 is 0 Å². The third-order valence-corrected chi connectivity index (χ3v) is 5.15. The Morgan fingerprint density at radius 2 is 1.76 bits per heavy atom. The second kappa shape index (κ2) is 10.6. The van der Waals surface area contributed by atoms with Gasteiger partial charge < -0.3 is 5.32 Å². The fourth-order valence-electron chi connectivity index (χ4n) is 3.64. The molecule has 0 bridgehead atoms. The van der Waals surface area contributed by atoms with E-state index in [0.717, 1.165) is 17.9 Å². The van der Waals surface area contributed by atoms with Crippen molar-refractivity contribution in [2.75, 3.05) is 19.6 Å². The average Bonchev–Trinajstić information content (AvgIpc) is 2.46. The van der Waals surface area contributed by atoms with Crippen molar-refractivity contribution in [3.8, 4) is 0 Å². The Balaban J connectivity index is 2.44. The van der Waals surface area contributed by atoms with Gasteiger partial charge in [-0.25, -0.2) is 0 Å². The zero-order valence-corrected chi connectivity index (χ0v) is 15.3. The molecule has 1 fully saturated rings. The van der Waals surface area contributed by atoms with Gasteiger partial charge in [-0.05, 0) is 31.2 Å². The molecule has 0 aromatic carbocycles. The van der Waals surface area contributed by atoms with Crippen LogP contribution in [0.2, 0.25) is 0 Å². The summed E-state index contributed by atoms with van der Waals surface area (Å²) in [6.07, 6.45) is 9.60. The van der Waals surface area contributed by atoms with E-state index >= 15 is 0 Å². The molecule has 1 heterocycles. The summed E-state index contributed by atoms with van der Waals surface area (Å²) in [6.45, 7) is 15.5. The smallest absolute Gasteiger partial charge is 0.0246 e. The molecule has 0 radical (unpaired) electrons. The van der Waals surface area contributed by atoms with Gasteiger partial charge in [0.05, 0.1) is 0 Å². The number of hydrogen-bond donors (Lipinski definition) is 1. The summed E-state index contributed by atoms with van der Waals surface area (Å²) in [5, 5.41) is 3.81. The summed E-state index contributed by atoms with van der Waals surface area (Å²) in [5.74, 6) is 1.61. The van der Waals surface area contributed by atoms with E-state index in [1.807, 2.05) is 0 Å². The van der Waals surface area contributed by atoms with E-state index in [-0.39, 0.29) is 0 Å². The highest BCUT2D eigenvalue weighted by Crippen LogP contribution is 2.21. The maximum absolute atomic E-state index is 3.81. The number of rotatable bonds is 10. The molecule has 0 saturated carbocycles. The van der Waals surface area contributed by atoms with Crippen LogP contribution in [0.5, 0.6) is 0 Å². The summed E-state index contributed by atoms with van der Waals surface area (Å²) in [5.41, 5.74) is 0. The first kappa shape index (κ1) is 19.0. The van der Waals surface area contributed by atoms with E-state index in [2.05, 4.69) is 44.8 Å². The van der Waals surface area contributed by atoms with Gasteiger partial charge in [0.1, 0.15) is 0 Å². The molecular formula is C19H40N2. The number of nitrogens with zero attached hydrogens (tertiary/aromatic N) is 1. The topological polar surface area (TPSA) is 15.3 Å². The van der Waals surface area contributed by atoms with Crippen LogP contribution in [0.15, 0.2) is 0 Å². The van der Waals surface area contributed by atoms with Gasteiger partial charge in [0.2, 0.25) is 0 Å². The number of unbranched alkanes of at least 4 members (excludes halogenated alkanes) is 4. The molecule has 1 saturated heterocycles. The van der Waals surface area contributed by atoms with Gasteiger partial charge in [0.15, 0.2) is 0 Å². The summed E-state index contributed by atoms with van der Waals surface area (Å²) in [7, 11) is 0. The van der Waals surface area contributed by atoms with E-state index in [0.29, 0.717) is 6.04 Å². The lowest BCUT2D eigenvalue weighted by Crippen LogP contribution is -2.58. The highest BCUT2D eigenvalue weighted by atomic mass is 15.2. The molecule has 2 nitrogen and oxygen atoms in total. The van der Waals surface area contributed by atoms with Crippen molar-refractivity contribution in [1.82, 2.24) is 10.2 Å². The SMILES string of the molecule is CCCCCCCN1CC(CC(C)C)NCC1C(C)CC. The lowest BCUT2D eigenvalue weighted by Gasteiger charge is -2.43. The van der Waals surface area contributed by atoms with Crippen LogP contribution in [-0.2, 0) is 0 Å². The molecule has 0 aromatic heterocycles. The molecule has 1 rings (SSSR count). The number of piperazine rings is 1. The van der Waals surface area contributed by atoms with E-state index in [4.69, 9.17) is 0 Å². The molecule has 3 atom stereocenters. The second-order valence-corrected chi connectivity index (χ2v) is 7.60. The van der Waals surface area contributed by atoms with Crippen molar-refractivity contribution in [1.29, 1.82) is 0 Å². The minimum absolute atomic E-state index is 0.709. The Morgan fingerprint density at radius 3 is 2.38 bits per heavy atom. The van der Waals surface area contributed by atoms with E-state index in [1.54, 1.807) is 0 Å². The minimum atomic E-state index is 0.709. The Kier molecular flexibility index (Phi) is 9.59. The number of hydrogen-bond acceptors (Lipinski definition) is 2. The first-order chi connectivity index (χ1) is 10.1. The van der Waals surface area contributed by atoms with Crippen molar-refractivity contribution >= 4 is 0 Å². The van der Waals surface area contributed by atoms with Gasteiger partial charge in [-0.2, -0.15) is 0 Å². The molecule has 0 aliphatic carbocycles. The molecular weight excluding hydrogens is 256 g/mol. The van der Waals surface area contributed by atoms with E-state index in [9.17, 15) is 0 Å². The van der Waals surface area contributed by atoms with Crippen molar-refractivity contribution in [2.45, 2.75) is 91.6 Å². The Hall–Kier alpha value is -0.0800. The van der Waals surface area contributed by atoms with Crippen molar-refractivity contribution in [3.05, 3.63) is 0 Å². The van der Waals surface area contributed by atoms with E-state index < -0.39 is 0 Å². The van der Waals surface area contributed by atoms with Gasteiger partial charge in [0.25, 0.3) is 0 Å². The Morgan fingerprint density at radius 1 is 1.05 bits per heavy atom. The summed E-state index contributed by atoms with van der Waals surface area (Å²) < 4.78 is 0. The van der Waals surface area contributed by atoms with Crippen LogP contribution >= 0.6 is 0 Å². The Labute approximate surface area is 134 Å². The Bertz CT molecular complexity index is 252. The van der Waals surface area contributed by atoms with Crippen LogP contribution < -0.4 is 5.32 Å². The third kappa shape index (κ3) is 7.15. The zero-order chi connectivity index (χ0) is 15.7. The fraction of sp³-hybridized carbons (Fsp3) is 1.00. The molecule has 21 heavy (non-hydrogen) atoms. The monoisotopic (exact) mass is 296 g/mol. The van der Waals surface area contributed by atoms with Crippen LogP contribution in [0.1, 0.15) is 79.6 Å². The van der Waals surface area contributed by atoms with Crippen molar-refractivity contribution in [2.24, 2.45) is 11.8 Å². The standard InChI is InChI=1S/C19H40N2/c1-6-8-9-10-11-12-21-15-18(13-16(3)4)20-14-19(21)17(5)7-2/h16-20H,6-15H2,1-5H3. The molecule has 126 valence electrons. The molecule has 0 amide bonds. The summed E-state index contributed by atoms with van der Waals surface area (Å²) in [4.78, 5) is 2.81. The van der Waals surface area contributed by atoms with Crippen LogP contribution in [0, 0.1) is 11.8 Å². The van der Waals surface area contributed by atoms with Crippen LogP contribution in [0.25, 0.3) is 0 Å². The third-order valence-electron chi connectivity index (χ3n) is 5.15.